The molecular formula is C27H32N2O3. The summed E-state index contributed by atoms with van der Waals surface area (Å²) in [7, 11) is 0. The highest BCUT2D eigenvalue weighted by molar-refractivity contribution is 6.46. The standard InChI is InChI=1S/C27H32N2O3/c1-27(2,3)21-13-11-19(12-14-21)23-22(24(30)20-9-5-4-6-10-20)25(31)26(32)29(23)18-17-28-15-7-8-16-28/h4-6,9-14,23,30H,7-8,15-18H2,1-3H3/b24-22+. The highest BCUT2D eigenvalue weighted by Gasteiger charge is 2.46. The number of aliphatic hydroxyl groups excluding tert-OH is 1. The van der Waals surface area contributed by atoms with Gasteiger partial charge in [0.05, 0.1) is 11.6 Å². The van der Waals surface area contributed by atoms with E-state index in [0.717, 1.165) is 25.2 Å². The van der Waals surface area contributed by atoms with Crippen molar-refractivity contribution in [1.82, 2.24) is 9.80 Å². The maximum Gasteiger partial charge on any atom is 0.295 e. The Balaban J connectivity index is 1.75. The Morgan fingerprint density at radius 2 is 1.56 bits per heavy atom. The van der Waals surface area contributed by atoms with Crippen LogP contribution in [-0.4, -0.2) is 52.8 Å². The van der Waals surface area contributed by atoms with Gasteiger partial charge in [-0.15, -0.1) is 0 Å². The van der Waals surface area contributed by atoms with Gasteiger partial charge in [-0.1, -0.05) is 75.4 Å². The predicted octanol–water partition coefficient (Wildman–Crippen LogP) is 4.50. The Morgan fingerprint density at radius 1 is 0.938 bits per heavy atom. The van der Waals surface area contributed by atoms with E-state index in [0.29, 0.717) is 12.1 Å². The molecular weight excluding hydrogens is 400 g/mol. The summed E-state index contributed by atoms with van der Waals surface area (Å²) in [6, 6.07) is 16.5. The van der Waals surface area contributed by atoms with Gasteiger partial charge in [-0.25, -0.2) is 0 Å². The van der Waals surface area contributed by atoms with Crippen molar-refractivity contribution in [2.45, 2.75) is 45.1 Å². The van der Waals surface area contributed by atoms with Crippen LogP contribution in [0.1, 0.15) is 56.3 Å². The first-order chi connectivity index (χ1) is 15.3. The van der Waals surface area contributed by atoms with Gasteiger partial charge in [0, 0.05) is 18.7 Å². The predicted molar refractivity (Wildman–Crippen MR) is 126 cm³/mol. The molecule has 4 rings (SSSR count). The number of ketones is 1. The minimum absolute atomic E-state index is 0.000131. The van der Waals surface area contributed by atoms with Crippen molar-refractivity contribution in [2.24, 2.45) is 0 Å². The van der Waals surface area contributed by atoms with E-state index in [2.05, 4.69) is 37.8 Å². The third kappa shape index (κ3) is 4.35. The summed E-state index contributed by atoms with van der Waals surface area (Å²) >= 11 is 0. The van der Waals surface area contributed by atoms with Gasteiger partial charge in [0.25, 0.3) is 11.7 Å². The number of carbonyl (C=O) groups is 2. The van der Waals surface area contributed by atoms with E-state index in [9.17, 15) is 14.7 Å². The largest absolute Gasteiger partial charge is 0.507 e. The van der Waals surface area contributed by atoms with Crippen molar-refractivity contribution in [3.05, 3.63) is 76.9 Å². The molecule has 32 heavy (non-hydrogen) atoms. The van der Waals surface area contributed by atoms with Gasteiger partial charge in [-0.3, -0.25) is 9.59 Å². The molecule has 2 fully saturated rings. The van der Waals surface area contributed by atoms with Gasteiger partial charge in [0.15, 0.2) is 0 Å². The molecule has 0 spiro atoms. The quantitative estimate of drug-likeness (QED) is 0.429. The molecule has 2 aromatic rings. The zero-order valence-electron chi connectivity index (χ0n) is 19.2. The van der Waals surface area contributed by atoms with Gasteiger partial charge in [-0.2, -0.15) is 0 Å². The second-order valence-electron chi connectivity index (χ2n) is 9.78. The van der Waals surface area contributed by atoms with E-state index in [1.165, 1.54) is 18.4 Å². The van der Waals surface area contributed by atoms with Crippen LogP contribution in [0, 0.1) is 0 Å². The summed E-state index contributed by atoms with van der Waals surface area (Å²) in [6.45, 7) is 9.70. The van der Waals surface area contributed by atoms with Crippen LogP contribution in [0.3, 0.4) is 0 Å². The number of hydrogen-bond donors (Lipinski definition) is 1. The molecule has 5 heteroatoms. The van der Waals surface area contributed by atoms with Crippen LogP contribution >= 0.6 is 0 Å². The van der Waals surface area contributed by atoms with Gasteiger partial charge in [0.2, 0.25) is 0 Å². The lowest BCUT2D eigenvalue weighted by Gasteiger charge is -2.28. The first kappa shape index (κ1) is 22.3. The Morgan fingerprint density at radius 3 is 2.16 bits per heavy atom. The monoisotopic (exact) mass is 432 g/mol. The average Bonchev–Trinajstić information content (AvgIpc) is 3.39. The molecule has 0 aliphatic carbocycles. The second-order valence-corrected chi connectivity index (χ2v) is 9.78. The highest BCUT2D eigenvalue weighted by atomic mass is 16.3. The lowest BCUT2D eigenvalue weighted by atomic mass is 9.85. The molecule has 0 radical (unpaired) electrons. The molecule has 1 unspecified atom stereocenters. The minimum Gasteiger partial charge on any atom is -0.507 e. The summed E-state index contributed by atoms with van der Waals surface area (Å²) in [5, 5.41) is 11.1. The van der Waals surface area contributed by atoms with Crippen molar-refractivity contribution in [2.75, 3.05) is 26.2 Å². The molecule has 2 heterocycles. The second kappa shape index (κ2) is 8.91. The topological polar surface area (TPSA) is 60.9 Å². The molecule has 1 atom stereocenters. The number of benzene rings is 2. The van der Waals surface area contributed by atoms with E-state index in [1.54, 1.807) is 17.0 Å². The van der Waals surface area contributed by atoms with Crippen molar-refractivity contribution in [3.63, 3.8) is 0 Å². The van der Waals surface area contributed by atoms with Crippen molar-refractivity contribution < 1.29 is 14.7 Å². The molecule has 1 amide bonds. The fourth-order valence-corrected chi connectivity index (χ4v) is 4.63. The molecule has 2 aliphatic rings. The Labute approximate surface area is 190 Å². The summed E-state index contributed by atoms with van der Waals surface area (Å²) in [4.78, 5) is 30.2. The maximum atomic E-state index is 13.1. The van der Waals surface area contributed by atoms with Gasteiger partial charge in [0.1, 0.15) is 5.76 Å². The van der Waals surface area contributed by atoms with Gasteiger partial charge < -0.3 is 14.9 Å². The average molecular weight is 433 g/mol. The maximum absolute atomic E-state index is 13.1. The third-order valence-electron chi connectivity index (χ3n) is 6.54. The summed E-state index contributed by atoms with van der Waals surface area (Å²) in [5.41, 5.74) is 2.74. The molecule has 2 aromatic carbocycles. The van der Waals surface area contributed by atoms with Crippen LogP contribution in [0.2, 0.25) is 0 Å². The molecule has 0 aromatic heterocycles. The smallest absolute Gasteiger partial charge is 0.295 e. The number of rotatable bonds is 5. The molecule has 1 N–H and O–H groups in total. The first-order valence-electron chi connectivity index (χ1n) is 11.4. The summed E-state index contributed by atoms with van der Waals surface area (Å²) in [6.07, 6.45) is 2.34. The van der Waals surface area contributed by atoms with Crippen LogP contribution in [0.4, 0.5) is 0 Å². The van der Waals surface area contributed by atoms with E-state index < -0.39 is 17.7 Å². The van der Waals surface area contributed by atoms with Crippen LogP contribution in [0.5, 0.6) is 0 Å². The fraction of sp³-hybridized carbons (Fsp3) is 0.407. The number of amides is 1. The van der Waals surface area contributed by atoms with Gasteiger partial charge in [-0.05, 0) is 42.5 Å². The lowest BCUT2D eigenvalue weighted by Crippen LogP contribution is -2.37. The number of nitrogens with zero attached hydrogens (tertiary/aromatic N) is 2. The number of likely N-dealkylation sites (tertiary alicyclic amines) is 2. The van der Waals surface area contributed by atoms with Gasteiger partial charge >= 0.3 is 0 Å². The van der Waals surface area contributed by atoms with Crippen molar-refractivity contribution in [1.29, 1.82) is 0 Å². The van der Waals surface area contributed by atoms with Crippen LogP contribution < -0.4 is 0 Å². The fourth-order valence-electron chi connectivity index (χ4n) is 4.63. The zero-order chi connectivity index (χ0) is 22.9. The Hall–Kier alpha value is -2.92. The van der Waals surface area contributed by atoms with E-state index in [4.69, 9.17) is 0 Å². The zero-order valence-corrected chi connectivity index (χ0v) is 19.2. The normalized spacial score (nSPS) is 21.5. The number of aliphatic hydroxyl groups is 1. The van der Waals surface area contributed by atoms with E-state index >= 15 is 0 Å². The van der Waals surface area contributed by atoms with E-state index in [-0.39, 0.29) is 16.7 Å². The molecule has 0 bridgehead atoms. The summed E-state index contributed by atoms with van der Waals surface area (Å²) in [5.74, 6) is -1.26. The number of carbonyl (C=O) groups excluding carboxylic acids is 2. The molecule has 2 aliphatic heterocycles. The number of Topliss-reactive ketones (excluding diaryl/α,β-unsaturated/α-hetero) is 1. The van der Waals surface area contributed by atoms with Crippen LogP contribution in [0.25, 0.3) is 5.76 Å². The van der Waals surface area contributed by atoms with E-state index in [1.807, 2.05) is 30.3 Å². The molecule has 0 saturated carbocycles. The van der Waals surface area contributed by atoms with Crippen LogP contribution in [-0.2, 0) is 15.0 Å². The summed E-state index contributed by atoms with van der Waals surface area (Å²) < 4.78 is 0. The van der Waals surface area contributed by atoms with Crippen molar-refractivity contribution >= 4 is 17.4 Å². The van der Waals surface area contributed by atoms with Crippen molar-refractivity contribution in [3.8, 4) is 0 Å². The molecule has 168 valence electrons. The lowest BCUT2D eigenvalue weighted by molar-refractivity contribution is -0.140. The van der Waals surface area contributed by atoms with Crippen LogP contribution in [0.15, 0.2) is 60.2 Å². The number of hydrogen-bond acceptors (Lipinski definition) is 4. The molecule has 5 nitrogen and oxygen atoms in total. The first-order valence-corrected chi connectivity index (χ1v) is 11.4. The SMILES string of the molecule is CC(C)(C)c1ccc(C2/C(=C(\O)c3ccccc3)C(=O)C(=O)N2CCN2CCCC2)cc1. The Kier molecular flexibility index (Phi) is 6.20. The highest BCUT2D eigenvalue weighted by Crippen LogP contribution is 2.39. The third-order valence-corrected chi connectivity index (χ3v) is 6.54. The molecule has 2 saturated heterocycles. The minimum atomic E-state index is -0.613. The Bertz CT molecular complexity index is 1010.